The van der Waals surface area contributed by atoms with Gasteiger partial charge in [-0.05, 0) is 19.1 Å². The van der Waals surface area contributed by atoms with E-state index < -0.39 is 0 Å². The van der Waals surface area contributed by atoms with E-state index in [0.717, 1.165) is 11.4 Å². The quantitative estimate of drug-likeness (QED) is 0.747. The monoisotopic (exact) mass is 190 g/mol. The Morgan fingerprint density at radius 1 is 1.43 bits per heavy atom. The van der Waals surface area contributed by atoms with Crippen molar-refractivity contribution in [1.29, 1.82) is 0 Å². The van der Waals surface area contributed by atoms with Gasteiger partial charge >= 0.3 is 0 Å². The van der Waals surface area contributed by atoms with Crippen LogP contribution in [0.25, 0.3) is 5.69 Å². The molecular weight excluding hydrogens is 180 g/mol. The number of hydrogen-bond donors (Lipinski definition) is 1. The number of rotatable bonds is 2. The second-order valence-electron chi connectivity index (χ2n) is 2.93. The fourth-order valence-corrected chi connectivity index (χ4v) is 1.18. The number of aromatic nitrogens is 4. The first-order valence-electron chi connectivity index (χ1n) is 4.24. The van der Waals surface area contributed by atoms with Crippen molar-refractivity contribution < 1.29 is 5.11 Å². The summed E-state index contributed by atoms with van der Waals surface area (Å²) in [6.45, 7) is 1.79. The van der Waals surface area contributed by atoms with Crippen molar-refractivity contribution in [1.82, 2.24) is 19.7 Å². The Hall–Kier alpha value is -1.75. The summed E-state index contributed by atoms with van der Waals surface area (Å²) in [5.74, 6) is 0.510. The fourth-order valence-electron chi connectivity index (χ4n) is 1.18. The molecule has 0 fully saturated rings. The second-order valence-corrected chi connectivity index (χ2v) is 2.93. The summed E-state index contributed by atoms with van der Waals surface area (Å²) in [7, 11) is 0. The van der Waals surface area contributed by atoms with Gasteiger partial charge in [-0.25, -0.2) is 0 Å². The van der Waals surface area contributed by atoms with Crippen LogP contribution in [0.15, 0.2) is 24.7 Å². The van der Waals surface area contributed by atoms with E-state index in [0.29, 0.717) is 5.82 Å². The van der Waals surface area contributed by atoms with Crippen molar-refractivity contribution in [3.05, 3.63) is 36.2 Å². The third-order valence-corrected chi connectivity index (χ3v) is 1.93. The molecule has 2 heterocycles. The van der Waals surface area contributed by atoms with E-state index in [-0.39, 0.29) is 6.61 Å². The van der Waals surface area contributed by atoms with E-state index in [1.54, 1.807) is 17.1 Å². The van der Waals surface area contributed by atoms with E-state index in [4.69, 9.17) is 5.11 Å². The van der Waals surface area contributed by atoms with Crippen LogP contribution in [0.3, 0.4) is 0 Å². The van der Waals surface area contributed by atoms with Crippen molar-refractivity contribution in [2.75, 3.05) is 0 Å². The van der Waals surface area contributed by atoms with Gasteiger partial charge in [0.15, 0.2) is 5.82 Å². The predicted octanol–water partition coefficient (Wildman–Crippen LogP) is 0.463. The molecule has 2 aromatic heterocycles. The van der Waals surface area contributed by atoms with Crippen LogP contribution in [0.5, 0.6) is 0 Å². The van der Waals surface area contributed by atoms with Gasteiger partial charge in [-0.3, -0.25) is 9.55 Å². The molecule has 5 nitrogen and oxygen atoms in total. The molecule has 0 aromatic carbocycles. The summed E-state index contributed by atoms with van der Waals surface area (Å²) in [6, 6.07) is 3.81. The highest BCUT2D eigenvalue weighted by Gasteiger charge is 2.04. The first kappa shape index (κ1) is 8.83. The number of pyridine rings is 1. The van der Waals surface area contributed by atoms with Crippen molar-refractivity contribution >= 4 is 0 Å². The zero-order valence-corrected chi connectivity index (χ0v) is 7.75. The second kappa shape index (κ2) is 3.55. The number of aliphatic hydroxyl groups is 1. The maximum absolute atomic E-state index is 8.98. The average Bonchev–Trinajstić information content (AvgIpc) is 2.67. The highest BCUT2D eigenvalue weighted by atomic mass is 16.3. The zero-order valence-electron chi connectivity index (χ0n) is 7.75. The molecule has 2 rings (SSSR count). The van der Waals surface area contributed by atoms with Gasteiger partial charge < -0.3 is 5.11 Å². The van der Waals surface area contributed by atoms with Gasteiger partial charge in [0.1, 0.15) is 12.9 Å². The van der Waals surface area contributed by atoms with Crippen LogP contribution < -0.4 is 0 Å². The minimum Gasteiger partial charge on any atom is -0.388 e. The Kier molecular flexibility index (Phi) is 2.24. The summed E-state index contributed by atoms with van der Waals surface area (Å²) >= 11 is 0. The summed E-state index contributed by atoms with van der Waals surface area (Å²) in [4.78, 5) is 4.15. The maximum Gasteiger partial charge on any atom is 0.163 e. The molecule has 0 aliphatic carbocycles. The molecule has 0 unspecified atom stereocenters. The van der Waals surface area contributed by atoms with Crippen molar-refractivity contribution in [3.8, 4) is 5.69 Å². The molecule has 0 saturated heterocycles. The van der Waals surface area contributed by atoms with Gasteiger partial charge in [0.2, 0.25) is 0 Å². The Balaban J connectivity index is 2.44. The molecule has 5 heteroatoms. The molecule has 0 radical (unpaired) electrons. The molecule has 0 spiro atoms. The number of nitrogens with zero attached hydrogens (tertiary/aromatic N) is 4. The third kappa shape index (κ3) is 1.49. The van der Waals surface area contributed by atoms with Crippen LogP contribution in [-0.4, -0.2) is 24.9 Å². The van der Waals surface area contributed by atoms with Crippen LogP contribution in [0, 0.1) is 6.92 Å². The van der Waals surface area contributed by atoms with E-state index in [9.17, 15) is 0 Å². The Bertz CT molecular complexity index is 421. The van der Waals surface area contributed by atoms with Crippen molar-refractivity contribution in [2.24, 2.45) is 0 Å². The van der Waals surface area contributed by atoms with E-state index in [1.165, 1.54) is 0 Å². The summed E-state index contributed by atoms with van der Waals surface area (Å²) in [6.07, 6.45) is 3.27. The number of aryl methyl sites for hydroxylation is 1. The topological polar surface area (TPSA) is 63.8 Å². The molecule has 0 bridgehead atoms. The summed E-state index contributed by atoms with van der Waals surface area (Å²) in [5, 5.41) is 16.5. The van der Waals surface area contributed by atoms with Crippen molar-refractivity contribution in [2.45, 2.75) is 13.5 Å². The van der Waals surface area contributed by atoms with Gasteiger partial charge in [-0.15, -0.1) is 10.2 Å². The minimum atomic E-state index is -0.131. The summed E-state index contributed by atoms with van der Waals surface area (Å²) < 4.78 is 1.70. The lowest BCUT2D eigenvalue weighted by Crippen LogP contribution is -2.00. The standard InChI is InChI=1S/C9H10N4O/c1-7-2-3-8(4-10-7)13-6-11-12-9(13)5-14/h2-4,6,14H,5H2,1H3. The molecule has 0 saturated carbocycles. The Morgan fingerprint density at radius 3 is 2.93 bits per heavy atom. The smallest absolute Gasteiger partial charge is 0.163 e. The first-order valence-corrected chi connectivity index (χ1v) is 4.24. The van der Waals surface area contributed by atoms with Crippen LogP contribution in [0.1, 0.15) is 11.5 Å². The van der Waals surface area contributed by atoms with Crippen LogP contribution in [-0.2, 0) is 6.61 Å². The van der Waals surface area contributed by atoms with E-state index in [2.05, 4.69) is 15.2 Å². The molecule has 0 amide bonds. The van der Waals surface area contributed by atoms with Gasteiger partial charge in [0.05, 0.1) is 11.9 Å². The molecule has 72 valence electrons. The molecule has 0 aliphatic heterocycles. The molecule has 2 aromatic rings. The Morgan fingerprint density at radius 2 is 2.29 bits per heavy atom. The average molecular weight is 190 g/mol. The molecule has 14 heavy (non-hydrogen) atoms. The van der Waals surface area contributed by atoms with Crippen molar-refractivity contribution in [3.63, 3.8) is 0 Å². The minimum absolute atomic E-state index is 0.131. The number of hydrogen-bond acceptors (Lipinski definition) is 4. The van der Waals surface area contributed by atoms with E-state index >= 15 is 0 Å². The van der Waals surface area contributed by atoms with Gasteiger partial charge in [-0.1, -0.05) is 0 Å². The van der Waals surface area contributed by atoms with E-state index in [1.807, 2.05) is 19.1 Å². The predicted molar refractivity (Wildman–Crippen MR) is 49.8 cm³/mol. The third-order valence-electron chi connectivity index (χ3n) is 1.93. The molecule has 0 atom stereocenters. The fraction of sp³-hybridized carbons (Fsp3) is 0.222. The Labute approximate surface area is 81.1 Å². The van der Waals surface area contributed by atoms with Gasteiger partial charge in [0, 0.05) is 5.69 Å². The van der Waals surface area contributed by atoms with Gasteiger partial charge in [-0.2, -0.15) is 0 Å². The highest BCUT2D eigenvalue weighted by Crippen LogP contribution is 2.08. The summed E-state index contributed by atoms with van der Waals surface area (Å²) in [5.41, 5.74) is 1.80. The first-order chi connectivity index (χ1) is 6.81. The normalized spacial score (nSPS) is 10.4. The number of aliphatic hydroxyl groups excluding tert-OH is 1. The molecule has 1 N–H and O–H groups in total. The lowest BCUT2D eigenvalue weighted by molar-refractivity contribution is 0.269. The SMILES string of the molecule is Cc1ccc(-n2cnnc2CO)cn1. The van der Waals surface area contributed by atoms with Crippen LogP contribution in [0.2, 0.25) is 0 Å². The van der Waals surface area contributed by atoms with Gasteiger partial charge in [0.25, 0.3) is 0 Å². The zero-order chi connectivity index (χ0) is 9.97. The lowest BCUT2D eigenvalue weighted by Gasteiger charge is -2.03. The molecule has 0 aliphatic rings. The highest BCUT2D eigenvalue weighted by molar-refractivity contribution is 5.30. The lowest BCUT2D eigenvalue weighted by atomic mass is 10.3. The van der Waals surface area contributed by atoms with Crippen LogP contribution in [0.4, 0.5) is 0 Å². The molecular formula is C9H10N4O. The van der Waals surface area contributed by atoms with Crippen LogP contribution >= 0.6 is 0 Å². The largest absolute Gasteiger partial charge is 0.388 e. The maximum atomic E-state index is 8.98.